The van der Waals surface area contributed by atoms with Gasteiger partial charge in [-0.1, -0.05) is 35.9 Å². The molecule has 0 aliphatic rings. The van der Waals surface area contributed by atoms with Crippen molar-refractivity contribution in [2.45, 2.75) is 20.3 Å². The molecule has 0 saturated heterocycles. The molecule has 0 radical (unpaired) electrons. The van der Waals surface area contributed by atoms with Crippen LogP contribution in [0.4, 0.5) is 5.82 Å². The summed E-state index contributed by atoms with van der Waals surface area (Å²) >= 11 is 1.66. The number of benzene rings is 2. The van der Waals surface area contributed by atoms with Crippen LogP contribution >= 0.6 is 11.3 Å². The Kier molecular flexibility index (Phi) is 5.26. The molecule has 1 N–H and O–H groups in total. The number of anilines is 1. The predicted octanol–water partition coefficient (Wildman–Crippen LogP) is 5.64. The first-order valence-electron chi connectivity index (χ1n) is 9.32. The van der Waals surface area contributed by atoms with Crippen molar-refractivity contribution in [1.29, 1.82) is 0 Å². The fourth-order valence-corrected chi connectivity index (χ4v) is 4.35. The molecule has 28 heavy (non-hydrogen) atoms. The Balaban J connectivity index is 1.59. The smallest absolute Gasteiger partial charge is 0.138 e. The molecular weight excluding hydrogens is 366 g/mol. The van der Waals surface area contributed by atoms with Crippen molar-refractivity contribution >= 4 is 27.4 Å². The molecule has 4 aromatic rings. The second kappa shape index (κ2) is 7.98. The molecule has 4 nitrogen and oxygen atoms in total. The van der Waals surface area contributed by atoms with E-state index in [1.807, 2.05) is 12.1 Å². The van der Waals surface area contributed by atoms with Crippen molar-refractivity contribution in [3.63, 3.8) is 0 Å². The highest BCUT2D eigenvalue weighted by atomic mass is 32.1. The van der Waals surface area contributed by atoms with Crippen molar-refractivity contribution in [1.82, 2.24) is 9.97 Å². The van der Waals surface area contributed by atoms with Crippen LogP contribution < -0.4 is 10.1 Å². The van der Waals surface area contributed by atoms with Crippen LogP contribution in [0.2, 0.25) is 0 Å². The quantitative estimate of drug-likeness (QED) is 0.464. The number of methoxy groups -OCH3 is 1. The van der Waals surface area contributed by atoms with Gasteiger partial charge in [-0.2, -0.15) is 0 Å². The number of ether oxygens (including phenoxy) is 1. The minimum absolute atomic E-state index is 0.806. The van der Waals surface area contributed by atoms with E-state index < -0.39 is 0 Å². The largest absolute Gasteiger partial charge is 0.497 e. The standard InChI is InChI=1S/C23H23N3OS/c1-15-4-9-19(16(2)12-15)20-13-28-23-21(20)22(25-14-26-23)24-11-10-17-5-7-18(27-3)8-6-17/h4-9,12-14H,10-11H2,1-3H3,(H,24,25,26). The second-order valence-corrected chi connectivity index (χ2v) is 7.75. The molecule has 0 fully saturated rings. The summed E-state index contributed by atoms with van der Waals surface area (Å²) in [5.74, 6) is 1.78. The lowest BCUT2D eigenvalue weighted by atomic mass is 9.99. The van der Waals surface area contributed by atoms with Crippen molar-refractivity contribution < 1.29 is 4.74 Å². The van der Waals surface area contributed by atoms with Crippen LogP contribution in [0.5, 0.6) is 5.75 Å². The van der Waals surface area contributed by atoms with Gasteiger partial charge in [0.25, 0.3) is 0 Å². The molecule has 0 aliphatic heterocycles. The third-order valence-electron chi connectivity index (χ3n) is 4.91. The molecule has 0 unspecified atom stereocenters. The van der Waals surface area contributed by atoms with E-state index in [-0.39, 0.29) is 0 Å². The van der Waals surface area contributed by atoms with Gasteiger partial charge in [-0.25, -0.2) is 9.97 Å². The van der Waals surface area contributed by atoms with Gasteiger partial charge in [0.05, 0.1) is 12.5 Å². The normalized spacial score (nSPS) is 11.0. The molecule has 2 aromatic carbocycles. The highest BCUT2D eigenvalue weighted by Crippen LogP contribution is 2.38. The molecule has 2 heterocycles. The molecule has 0 amide bonds. The van der Waals surface area contributed by atoms with Crippen molar-refractivity contribution in [3.05, 3.63) is 70.9 Å². The van der Waals surface area contributed by atoms with E-state index in [1.165, 1.54) is 27.8 Å². The zero-order valence-corrected chi connectivity index (χ0v) is 17.1. The number of hydrogen-bond acceptors (Lipinski definition) is 5. The van der Waals surface area contributed by atoms with E-state index in [0.717, 1.165) is 34.7 Å². The Morgan fingerprint density at radius 2 is 1.82 bits per heavy atom. The first-order chi connectivity index (χ1) is 13.7. The van der Waals surface area contributed by atoms with E-state index in [1.54, 1.807) is 24.8 Å². The molecule has 0 bridgehead atoms. The zero-order chi connectivity index (χ0) is 19.5. The van der Waals surface area contributed by atoms with E-state index in [0.29, 0.717) is 0 Å². The predicted molar refractivity (Wildman–Crippen MR) is 118 cm³/mol. The van der Waals surface area contributed by atoms with E-state index in [4.69, 9.17) is 4.74 Å². The molecule has 4 rings (SSSR count). The maximum atomic E-state index is 5.22. The lowest BCUT2D eigenvalue weighted by molar-refractivity contribution is 0.414. The Bertz CT molecular complexity index is 1100. The molecule has 5 heteroatoms. The first-order valence-corrected chi connectivity index (χ1v) is 10.2. The van der Waals surface area contributed by atoms with Crippen molar-refractivity contribution in [2.24, 2.45) is 0 Å². The summed E-state index contributed by atoms with van der Waals surface area (Å²) in [4.78, 5) is 10.0. The van der Waals surface area contributed by atoms with Gasteiger partial charge in [-0.05, 0) is 49.1 Å². The van der Waals surface area contributed by atoms with Crippen LogP contribution in [0.3, 0.4) is 0 Å². The van der Waals surface area contributed by atoms with Crippen LogP contribution in [0.15, 0.2) is 54.2 Å². The average Bonchev–Trinajstić information content (AvgIpc) is 3.13. The number of aryl methyl sites for hydroxylation is 2. The summed E-state index contributed by atoms with van der Waals surface area (Å²) < 4.78 is 5.22. The molecular formula is C23H23N3OS. The minimum Gasteiger partial charge on any atom is -0.497 e. The number of nitrogens with zero attached hydrogens (tertiary/aromatic N) is 2. The summed E-state index contributed by atoms with van der Waals surface area (Å²) in [5.41, 5.74) is 6.25. The van der Waals surface area contributed by atoms with Gasteiger partial charge in [0.2, 0.25) is 0 Å². The average molecular weight is 390 g/mol. The van der Waals surface area contributed by atoms with Crippen LogP contribution in [-0.2, 0) is 6.42 Å². The lowest BCUT2D eigenvalue weighted by Gasteiger charge is -2.10. The van der Waals surface area contributed by atoms with Gasteiger partial charge in [0.15, 0.2) is 0 Å². The Morgan fingerprint density at radius 1 is 1.00 bits per heavy atom. The third kappa shape index (κ3) is 3.71. The molecule has 0 aliphatic carbocycles. The summed E-state index contributed by atoms with van der Waals surface area (Å²) in [6.45, 7) is 5.09. The molecule has 0 saturated carbocycles. The van der Waals surface area contributed by atoms with Crippen molar-refractivity contribution in [3.8, 4) is 16.9 Å². The fraction of sp³-hybridized carbons (Fsp3) is 0.217. The van der Waals surface area contributed by atoms with Gasteiger partial charge in [-0.15, -0.1) is 11.3 Å². The third-order valence-corrected chi connectivity index (χ3v) is 5.79. The fourth-order valence-electron chi connectivity index (χ4n) is 3.44. The Labute approximate surface area is 169 Å². The van der Waals surface area contributed by atoms with Gasteiger partial charge in [0, 0.05) is 17.5 Å². The molecule has 2 aromatic heterocycles. The number of thiophene rings is 1. The number of rotatable bonds is 6. The Hall–Kier alpha value is -2.92. The number of fused-ring (bicyclic) bond motifs is 1. The number of aromatic nitrogens is 2. The maximum absolute atomic E-state index is 5.22. The monoisotopic (exact) mass is 389 g/mol. The first kappa shape index (κ1) is 18.4. The van der Waals surface area contributed by atoms with Gasteiger partial charge >= 0.3 is 0 Å². The maximum Gasteiger partial charge on any atom is 0.138 e. The topological polar surface area (TPSA) is 47.0 Å². The minimum atomic E-state index is 0.806. The summed E-state index contributed by atoms with van der Waals surface area (Å²) in [6.07, 6.45) is 2.55. The molecule has 0 spiro atoms. The van der Waals surface area contributed by atoms with Crippen LogP contribution in [0.25, 0.3) is 21.3 Å². The van der Waals surface area contributed by atoms with Crippen molar-refractivity contribution in [2.75, 3.05) is 19.0 Å². The zero-order valence-electron chi connectivity index (χ0n) is 16.3. The summed E-state index contributed by atoms with van der Waals surface area (Å²) in [6, 6.07) is 14.8. The van der Waals surface area contributed by atoms with E-state index >= 15 is 0 Å². The summed E-state index contributed by atoms with van der Waals surface area (Å²) in [7, 11) is 1.69. The van der Waals surface area contributed by atoms with Crippen LogP contribution in [-0.4, -0.2) is 23.6 Å². The SMILES string of the molecule is COc1ccc(CCNc2ncnc3scc(-c4ccc(C)cc4C)c23)cc1. The van der Waals surface area contributed by atoms with Gasteiger partial charge in [0.1, 0.15) is 22.7 Å². The number of nitrogens with one attached hydrogen (secondary N) is 1. The summed E-state index contributed by atoms with van der Waals surface area (Å²) in [5, 5.41) is 6.81. The molecule has 0 atom stereocenters. The second-order valence-electron chi connectivity index (χ2n) is 6.90. The van der Waals surface area contributed by atoms with Gasteiger partial charge < -0.3 is 10.1 Å². The molecule has 142 valence electrons. The van der Waals surface area contributed by atoms with Crippen LogP contribution in [0, 0.1) is 13.8 Å². The van der Waals surface area contributed by atoms with Gasteiger partial charge in [-0.3, -0.25) is 0 Å². The highest BCUT2D eigenvalue weighted by molar-refractivity contribution is 7.17. The van der Waals surface area contributed by atoms with Crippen LogP contribution in [0.1, 0.15) is 16.7 Å². The highest BCUT2D eigenvalue weighted by Gasteiger charge is 2.14. The van der Waals surface area contributed by atoms with E-state index in [2.05, 4.69) is 64.8 Å². The Morgan fingerprint density at radius 3 is 2.57 bits per heavy atom. The number of hydrogen-bond donors (Lipinski definition) is 1. The van der Waals surface area contributed by atoms with E-state index in [9.17, 15) is 0 Å². The lowest BCUT2D eigenvalue weighted by Crippen LogP contribution is -2.07.